The second kappa shape index (κ2) is 5.77. The van der Waals surface area contributed by atoms with Gasteiger partial charge in [-0.2, -0.15) is 0 Å². The topological polar surface area (TPSA) is 99.0 Å². The Labute approximate surface area is 138 Å². The normalized spacial score (nSPS) is 24.9. The average Bonchev–Trinajstić information content (AvgIpc) is 2.93. The van der Waals surface area contributed by atoms with Gasteiger partial charge in [-0.1, -0.05) is 0 Å². The standard InChI is InChI=1S/C16H18N2O6/c1-16(2)15(23-9-19)14(17-7-3-4-13(17)20)11-8-10(18(21)22)5-6-12(11)24-16/h5-6,8-9,14-15H,3-4,7H2,1-2H3/t14-,15+/m0/s1. The lowest BCUT2D eigenvalue weighted by Crippen LogP contribution is -2.55. The lowest BCUT2D eigenvalue weighted by molar-refractivity contribution is -0.385. The minimum absolute atomic E-state index is 0.0605. The summed E-state index contributed by atoms with van der Waals surface area (Å²) in [4.78, 5) is 35.5. The molecule has 0 unspecified atom stereocenters. The molecule has 8 nitrogen and oxygen atoms in total. The zero-order chi connectivity index (χ0) is 17.5. The SMILES string of the molecule is CC1(C)Oc2ccc([N+](=O)[O-])cc2[C@H](N2CCCC2=O)[C@H]1OC=O. The Morgan fingerprint density at radius 1 is 1.46 bits per heavy atom. The molecule has 8 heteroatoms. The molecule has 0 spiro atoms. The number of carbonyl (C=O) groups is 2. The van der Waals surface area contributed by atoms with Crippen LogP contribution in [0.15, 0.2) is 18.2 Å². The number of benzene rings is 1. The number of ether oxygens (including phenoxy) is 2. The van der Waals surface area contributed by atoms with E-state index in [4.69, 9.17) is 9.47 Å². The molecule has 2 atom stereocenters. The summed E-state index contributed by atoms with van der Waals surface area (Å²) in [7, 11) is 0. The minimum atomic E-state index is -0.877. The van der Waals surface area contributed by atoms with Crippen molar-refractivity contribution in [2.24, 2.45) is 0 Å². The monoisotopic (exact) mass is 334 g/mol. The number of nitro groups is 1. The van der Waals surface area contributed by atoms with Gasteiger partial charge in [-0.05, 0) is 26.3 Å². The fourth-order valence-electron chi connectivity index (χ4n) is 3.45. The maximum atomic E-state index is 12.3. The first kappa shape index (κ1) is 16.2. The molecule has 1 amide bonds. The van der Waals surface area contributed by atoms with Crippen LogP contribution in [-0.2, 0) is 14.3 Å². The first-order valence-corrected chi connectivity index (χ1v) is 7.71. The molecule has 2 heterocycles. The number of nitro benzene ring substituents is 1. The summed E-state index contributed by atoms with van der Waals surface area (Å²) < 4.78 is 11.2. The van der Waals surface area contributed by atoms with Gasteiger partial charge in [-0.15, -0.1) is 0 Å². The van der Waals surface area contributed by atoms with E-state index >= 15 is 0 Å². The number of hydrogen-bond donors (Lipinski definition) is 0. The van der Waals surface area contributed by atoms with Crippen molar-refractivity contribution in [2.45, 2.75) is 44.4 Å². The molecule has 2 aliphatic rings. The van der Waals surface area contributed by atoms with Crippen LogP contribution in [-0.4, -0.2) is 40.5 Å². The molecule has 128 valence electrons. The quantitative estimate of drug-likeness (QED) is 0.474. The molecular weight excluding hydrogens is 316 g/mol. The van der Waals surface area contributed by atoms with Crippen LogP contribution in [0, 0.1) is 10.1 Å². The summed E-state index contributed by atoms with van der Waals surface area (Å²) in [5.41, 5.74) is -0.485. The van der Waals surface area contributed by atoms with Crippen LogP contribution in [0.5, 0.6) is 5.75 Å². The largest absolute Gasteiger partial charge is 0.484 e. The van der Waals surface area contributed by atoms with E-state index in [1.54, 1.807) is 18.7 Å². The third-order valence-electron chi connectivity index (χ3n) is 4.52. The van der Waals surface area contributed by atoms with Gasteiger partial charge >= 0.3 is 0 Å². The number of fused-ring (bicyclic) bond motifs is 1. The van der Waals surface area contributed by atoms with Gasteiger partial charge in [0.1, 0.15) is 17.4 Å². The first-order chi connectivity index (χ1) is 11.3. The molecule has 0 aliphatic carbocycles. The van der Waals surface area contributed by atoms with Gasteiger partial charge in [-0.3, -0.25) is 19.7 Å². The number of amides is 1. The molecule has 3 rings (SSSR count). The fraction of sp³-hybridized carbons (Fsp3) is 0.500. The third-order valence-corrected chi connectivity index (χ3v) is 4.52. The Morgan fingerprint density at radius 2 is 2.21 bits per heavy atom. The first-order valence-electron chi connectivity index (χ1n) is 7.71. The van der Waals surface area contributed by atoms with Crippen molar-refractivity contribution in [1.82, 2.24) is 4.90 Å². The number of hydrogen-bond acceptors (Lipinski definition) is 6. The van der Waals surface area contributed by atoms with Gasteiger partial charge in [0, 0.05) is 30.7 Å². The molecule has 0 N–H and O–H groups in total. The van der Waals surface area contributed by atoms with Crippen LogP contribution in [0.1, 0.15) is 38.3 Å². The van der Waals surface area contributed by atoms with E-state index in [1.807, 2.05) is 0 Å². The Hall–Kier alpha value is -2.64. The van der Waals surface area contributed by atoms with Crippen molar-refractivity contribution in [1.29, 1.82) is 0 Å². The summed E-state index contributed by atoms with van der Waals surface area (Å²) in [5.74, 6) is 0.399. The second-order valence-corrected chi connectivity index (χ2v) is 6.47. The van der Waals surface area contributed by atoms with Crippen molar-refractivity contribution in [3.63, 3.8) is 0 Å². The summed E-state index contributed by atoms with van der Waals surface area (Å²) >= 11 is 0. The van der Waals surface area contributed by atoms with E-state index < -0.39 is 22.7 Å². The fourth-order valence-corrected chi connectivity index (χ4v) is 3.45. The molecule has 2 aliphatic heterocycles. The molecule has 0 saturated carbocycles. The number of carbonyl (C=O) groups excluding carboxylic acids is 2. The zero-order valence-corrected chi connectivity index (χ0v) is 13.4. The van der Waals surface area contributed by atoms with Crippen LogP contribution in [0.2, 0.25) is 0 Å². The van der Waals surface area contributed by atoms with Crippen molar-refractivity contribution in [2.75, 3.05) is 6.54 Å². The van der Waals surface area contributed by atoms with Crippen molar-refractivity contribution in [3.05, 3.63) is 33.9 Å². The highest BCUT2D eigenvalue weighted by atomic mass is 16.6. The maximum absolute atomic E-state index is 12.3. The van der Waals surface area contributed by atoms with E-state index in [1.165, 1.54) is 18.2 Å². The molecule has 1 saturated heterocycles. The molecule has 0 bridgehead atoms. The highest BCUT2D eigenvalue weighted by molar-refractivity contribution is 5.79. The number of rotatable bonds is 4. The Morgan fingerprint density at radius 3 is 2.79 bits per heavy atom. The van der Waals surface area contributed by atoms with Gasteiger partial charge in [0.15, 0.2) is 6.10 Å². The van der Waals surface area contributed by atoms with E-state index in [2.05, 4.69) is 0 Å². The highest BCUT2D eigenvalue weighted by Gasteiger charge is 2.50. The zero-order valence-electron chi connectivity index (χ0n) is 13.4. The molecule has 24 heavy (non-hydrogen) atoms. The van der Waals surface area contributed by atoms with Gasteiger partial charge in [-0.25, -0.2) is 0 Å². The van der Waals surface area contributed by atoms with E-state index in [0.29, 0.717) is 37.2 Å². The summed E-state index contributed by atoms with van der Waals surface area (Å²) in [5, 5.41) is 11.1. The van der Waals surface area contributed by atoms with Gasteiger partial charge in [0.05, 0.1) is 4.92 Å². The third kappa shape index (κ3) is 2.57. The number of nitrogens with zero attached hydrogens (tertiary/aromatic N) is 2. The van der Waals surface area contributed by atoms with Crippen molar-refractivity contribution >= 4 is 18.1 Å². The van der Waals surface area contributed by atoms with Crippen LogP contribution < -0.4 is 4.74 Å². The van der Waals surface area contributed by atoms with Gasteiger partial charge in [0.2, 0.25) is 5.91 Å². The minimum Gasteiger partial charge on any atom is -0.484 e. The molecule has 1 aromatic rings. The summed E-state index contributed by atoms with van der Waals surface area (Å²) in [6.45, 7) is 4.37. The Bertz CT molecular complexity index is 702. The highest BCUT2D eigenvalue weighted by Crippen LogP contribution is 2.46. The lowest BCUT2D eigenvalue weighted by Gasteiger charge is -2.46. The number of likely N-dealkylation sites (tertiary alicyclic amines) is 1. The van der Waals surface area contributed by atoms with Crippen LogP contribution in [0.25, 0.3) is 0 Å². The van der Waals surface area contributed by atoms with Crippen molar-refractivity contribution in [3.8, 4) is 5.75 Å². The predicted molar refractivity (Wildman–Crippen MR) is 82.4 cm³/mol. The van der Waals surface area contributed by atoms with Crippen molar-refractivity contribution < 1.29 is 24.0 Å². The Kier molecular flexibility index (Phi) is 3.90. The van der Waals surface area contributed by atoms with Gasteiger partial charge < -0.3 is 14.4 Å². The average molecular weight is 334 g/mol. The van der Waals surface area contributed by atoms with Gasteiger partial charge in [0.25, 0.3) is 12.2 Å². The lowest BCUT2D eigenvalue weighted by atomic mass is 9.85. The molecular formula is C16H18N2O6. The second-order valence-electron chi connectivity index (χ2n) is 6.47. The van der Waals surface area contributed by atoms with Crippen LogP contribution in [0.4, 0.5) is 5.69 Å². The number of non-ortho nitro benzene ring substituents is 1. The van der Waals surface area contributed by atoms with Crippen LogP contribution >= 0.6 is 0 Å². The maximum Gasteiger partial charge on any atom is 0.293 e. The van der Waals surface area contributed by atoms with E-state index in [-0.39, 0.29) is 11.6 Å². The molecule has 1 fully saturated rings. The summed E-state index contributed by atoms with van der Waals surface area (Å²) in [6.07, 6.45) is 0.358. The van der Waals surface area contributed by atoms with Crippen LogP contribution in [0.3, 0.4) is 0 Å². The van der Waals surface area contributed by atoms with E-state index in [0.717, 1.165) is 0 Å². The Balaban J connectivity index is 2.15. The predicted octanol–water partition coefficient (Wildman–Crippen LogP) is 1.97. The molecule has 0 radical (unpaired) electrons. The molecule has 0 aromatic heterocycles. The van der Waals surface area contributed by atoms with E-state index in [9.17, 15) is 19.7 Å². The molecule has 1 aromatic carbocycles. The summed E-state index contributed by atoms with van der Waals surface area (Å²) in [6, 6.07) is 3.67. The smallest absolute Gasteiger partial charge is 0.293 e.